The van der Waals surface area contributed by atoms with E-state index in [1.54, 1.807) is 0 Å². The molecule has 1 aromatic rings. The Morgan fingerprint density at radius 2 is 1.67 bits per heavy atom. The largest absolute Gasteiger partial charge is 0.356 e. The SMILES string of the molecule is Cc1c(Cl)nc(C(C)(C)C)nc1N1CCCCC1. The molecule has 2 rings (SSSR count). The van der Waals surface area contributed by atoms with E-state index in [-0.39, 0.29) is 5.41 Å². The average Bonchev–Trinajstić information content (AvgIpc) is 2.32. The van der Waals surface area contributed by atoms with Gasteiger partial charge in [-0.25, -0.2) is 9.97 Å². The zero-order chi connectivity index (χ0) is 13.3. The lowest BCUT2D eigenvalue weighted by Gasteiger charge is -2.30. The maximum absolute atomic E-state index is 6.27. The topological polar surface area (TPSA) is 29.0 Å². The highest BCUT2D eigenvalue weighted by atomic mass is 35.5. The smallest absolute Gasteiger partial charge is 0.137 e. The van der Waals surface area contributed by atoms with Crippen LogP contribution in [0, 0.1) is 6.92 Å². The lowest BCUT2D eigenvalue weighted by atomic mass is 9.95. The molecule has 1 aliphatic heterocycles. The summed E-state index contributed by atoms with van der Waals surface area (Å²) in [6.45, 7) is 10.5. The highest BCUT2D eigenvalue weighted by molar-refractivity contribution is 6.30. The van der Waals surface area contributed by atoms with E-state index >= 15 is 0 Å². The summed E-state index contributed by atoms with van der Waals surface area (Å²) < 4.78 is 0. The Labute approximate surface area is 115 Å². The Kier molecular flexibility index (Phi) is 3.81. The van der Waals surface area contributed by atoms with E-state index in [9.17, 15) is 0 Å². The van der Waals surface area contributed by atoms with Gasteiger partial charge in [-0.05, 0) is 26.2 Å². The molecule has 0 unspecified atom stereocenters. The van der Waals surface area contributed by atoms with E-state index in [4.69, 9.17) is 16.6 Å². The highest BCUT2D eigenvalue weighted by Crippen LogP contribution is 2.29. The van der Waals surface area contributed by atoms with Crippen LogP contribution in [0.15, 0.2) is 0 Å². The van der Waals surface area contributed by atoms with Crippen LogP contribution in [-0.4, -0.2) is 23.1 Å². The van der Waals surface area contributed by atoms with Crippen molar-refractivity contribution < 1.29 is 0 Å². The van der Waals surface area contributed by atoms with Gasteiger partial charge in [-0.1, -0.05) is 32.4 Å². The van der Waals surface area contributed by atoms with Crippen molar-refractivity contribution in [2.45, 2.75) is 52.4 Å². The Bertz CT molecular complexity index is 431. The predicted octanol–water partition coefficient (Wildman–Crippen LogP) is 3.73. The zero-order valence-electron chi connectivity index (χ0n) is 11.8. The summed E-state index contributed by atoms with van der Waals surface area (Å²) >= 11 is 6.27. The summed E-state index contributed by atoms with van der Waals surface area (Å²) in [6, 6.07) is 0. The summed E-state index contributed by atoms with van der Waals surface area (Å²) in [4.78, 5) is 11.5. The van der Waals surface area contributed by atoms with Crippen LogP contribution in [0.25, 0.3) is 0 Å². The number of hydrogen-bond donors (Lipinski definition) is 0. The summed E-state index contributed by atoms with van der Waals surface area (Å²) in [7, 11) is 0. The Morgan fingerprint density at radius 1 is 1.06 bits per heavy atom. The van der Waals surface area contributed by atoms with Crippen molar-refractivity contribution >= 4 is 17.4 Å². The molecule has 0 bridgehead atoms. The first-order valence-electron chi connectivity index (χ1n) is 6.69. The predicted molar refractivity (Wildman–Crippen MR) is 76.5 cm³/mol. The van der Waals surface area contributed by atoms with Crippen LogP contribution in [0.5, 0.6) is 0 Å². The quantitative estimate of drug-likeness (QED) is 0.726. The summed E-state index contributed by atoms with van der Waals surface area (Å²) in [6.07, 6.45) is 3.80. The molecule has 4 heteroatoms. The van der Waals surface area contributed by atoms with E-state index in [0.29, 0.717) is 5.15 Å². The average molecular weight is 268 g/mol. The van der Waals surface area contributed by atoms with Crippen LogP contribution in [0.4, 0.5) is 5.82 Å². The molecule has 1 aliphatic rings. The number of aromatic nitrogens is 2. The molecule has 0 amide bonds. The third-order valence-electron chi connectivity index (χ3n) is 3.39. The lowest BCUT2D eigenvalue weighted by Crippen LogP contribution is -2.32. The number of hydrogen-bond acceptors (Lipinski definition) is 3. The molecular weight excluding hydrogens is 246 g/mol. The second kappa shape index (κ2) is 5.04. The van der Waals surface area contributed by atoms with Gasteiger partial charge < -0.3 is 4.90 Å². The molecule has 1 fully saturated rings. The maximum Gasteiger partial charge on any atom is 0.137 e. The molecule has 3 nitrogen and oxygen atoms in total. The van der Waals surface area contributed by atoms with Crippen molar-refractivity contribution in [1.29, 1.82) is 0 Å². The maximum atomic E-state index is 6.27. The van der Waals surface area contributed by atoms with E-state index in [0.717, 1.165) is 30.3 Å². The molecule has 100 valence electrons. The number of halogens is 1. The number of anilines is 1. The highest BCUT2D eigenvalue weighted by Gasteiger charge is 2.23. The molecule has 0 saturated carbocycles. The first-order chi connectivity index (χ1) is 8.39. The first-order valence-corrected chi connectivity index (χ1v) is 7.07. The Balaban J connectivity index is 2.42. The van der Waals surface area contributed by atoms with Gasteiger partial charge >= 0.3 is 0 Å². The molecule has 0 aliphatic carbocycles. The molecule has 0 aromatic carbocycles. The first kappa shape index (κ1) is 13.6. The standard InChI is InChI=1S/C14H22ClN3/c1-10-11(15)16-13(14(2,3)4)17-12(10)18-8-6-5-7-9-18/h5-9H2,1-4H3. The van der Waals surface area contributed by atoms with Crippen molar-refractivity contribution in [3.05, 3.63) is 16.5 Å². The third-order valence-corrected chi connectivity index (χ3v) is 3.76. The molecule has 0 atom stereocenters. The van der Waals surface area contributed by atoms with Crippen molar-refractivity contribution in [3.8, 4) is 0 Å². The molecule has 0 radical (unpaired) electrons. The number of rotatable bonds is 1. The fourth-order valence-corrected chi connectivity index (χ4v) is 2.39. The third kappa shape index (κ3) is 2.77. The summed E-state index contributed by atoms with van der Waals surface area (Å²) in [5, 5.41) is 0.593. The van der Waals surface area contributed by atoms with Gasteiger partial charge in [0.15, 0.2) is 0 Å². The van der Waals surface area contributed by atoms with Gasteiger partial charge in [0.1, 0.15) is 16.8 Å². The van der Waals surface area contributed by atoms with Crippen molar-refractivity contribution in [2.24, 2.45) is 0 Å². The lowest BCUT2D eigenvalue weighted by molar-refractivity contribution is 0.534. The van der Waals surface area contributed by atoms with E-state index < -0.39 is 0 Å². The number of nitrogens with zero attached hydrogens (tertiary/aromatic N) is 3. The van der Waals surface area contributed by atoms with Crippen molar-refractivity contribution in [1.82, 2.24) is 9.97 Å². The van der Waals surface area contributed by atoms with Gasteiger partial charge in [0.05, 0.1) is 0 Å². The Morgan fingerprint density at radius 3 is 2.22 bits per heavy atom. The van der Waals surface area contributed by atoms with Gasteiger partial charge in [0, 0.05) is 24.1 Å². The second-order valence-corrected chi connectivity index (χ2v) is 6.44. The second-order valence-electron chi connectivity index (χ2n) is 6.08. The molecule has 0 spiro atoms. The van der Waals surface area contributed by atoms with Gasteiger partial charge in [0.25, 0.3) is 0 Å². The van der Waals surface area contributed by atoms with Crippen LogP contribution in [-0.2, 0) is 5.41 Å². The normalized spacial score (nSPS) is 17.1. The van der Waals surface area contributed by atoms with Gasteiger partial charge in [0.2, 0.25) is 0 Å². The van der Waals surface area contributed by atoms with Crippen LogP contribution in [0.2, 0.25) is 5.15 Å². The Hall–Kier alpha value is -0.830. The summed E-state index contributed by atoms with van der Waals surface area (Å²) in [5.41, 5.74) is 0.938. The van der Waals surface area contributed by atoms with Crippen LogP contribution >= 0.6 is 11.6 Å². The van der Waals surface area contributed by atoms with Crippen LogP contribution < -0.4 is 4.90 Å². The van der Waals surface area contributed by atoms with Crippen LogP contribution in [0.3, 0.4) is 0 Å². The van der Waals surface area contributed by atoms with Crippen molar-refractivity contribution in [3.63, 3.8) is 0 Å². The molecule has 1 saturated heterocycles. The minimum atomic E-state index is -0.0676. The molecule has 0 N–H and O–H groups in total. The van der Waals surface area contributed by atoms with Gasteiger partial charge in [-0.2, -0.15) is 0 Å². The fourth-order valence-electron chi connectivity index (χ4n) is 2.23. The monoisotopic (exact) mass is 267 g/mol. The minimum absolute atomic E-state index is 0.0676. The summed E-state index contributed by atoms with van der Waals surface area (Å²) in [5.74, 6) is 1.86. The van der Waals surface area contributed by atoms with E-state index in [1.165, 1.54) is 19.3 Å². The van der Waals surface area contributed by atoms with Gasteiger partial charge in [-0.3, -0.25) is 0 Å². The van der Waals surface area contributed by atoms with Gasteiger partial charge in [-0.15, -0.1) is 0 Å². The fraction of sp³-hybridized carbons (Fsp3) is 0.714. The van der Waals surface area contributed by atoms with E-state index in [1.807, 2.05) is 6.92 Å². The van der Waals surface area contributed by atoms with Crippen LogP contribution in [0.1, 0.15) is 51.4 Å². The molecule has 1 aromatic heterocycles. The number of piperidine rings is 1. The molecule has 18 heavy (non-hydrogen) atoms. The molecular formula is C14H22ClN3. The van der Waals surface area contributed by atoms with E-state index in [2.05, 4.69) is 30.7 Å². The molecule has 2 heterocycles. The zero-order valence-corrected chi connectivity index (χ0v) is 12.5. The van der Waals surface area contributed by atoms with Crippen molar-refractivity contribution in [2.75, 3.05) is 18.0 Å². The minimum Gasteiger partial charge on any atom is -0.356 e.